The van der Waals surface area contributed by atoms with Crippen molar-refractivity contribution in [3.05, 3.63) is 100 Å². The normalized spacial score (nSPS) is 16.2. The number of nitro groups is 1. The summed E-state index contributed by atoms with van der Waals surface area (Å²) >= 11 is 0. The van der Waals surface area contributed by atoms with Crippen molar-refractivity contribution >= 4 is 22.3 Å². The van der Waals surface area contributed by atoms with E-state index in [0.717, 1.165) is 17.0 Å². The lowest BCUT2D eigenvalue weighted by molar-refractivity contribution is -0.384. The SMILES string of the molecule is COc1ccc(N2CCN(CC(O)(c3cn(Cc4ccccc4)c4cc([N+](=O)[O-])ccc34)C(F)(F)F)CC2)cc1. The molecule has 210 valence electrons. The molecule has 11 heteroatoms. The van der Waals surface area contributed by atoms with E-state index in [1.54, 1.807) is 12.0 Å². The second-order valence-electron chi connectivity index (χ2n) is 9.93. The molecular formula is C29H29F3N4O4. The van der Waals surface area contributed by atoms with Crippen molar-refractivity contribution in [2.45, 2.75) is 18.3 Å². The molecular weight excluding hydrogens is 525 g/mol. The van der Waals surface area contributed by atoms with E-state index in [9.17, 15) is 28.4 Å². The van der Waals surface area contributed by atoms with Gasteiger partial charge < -0.3 is 19.3 Å². The standard InChI is InChI=1S/C29H29F3N4O4/c1-40-24-10-7-22(8-11-24)34-15-13-33(14-16-34)20-28(37,29(30,31)32)26-19-35(18-21-5-3-2-4-6-21)27-17-23(36(38)39)9-12-25(26)27/h2-12,17,19,37H,13-16,18,20H2,1H3. The lowest BCUT2D eigenvalue weighted by Crippen LogP contribution is -2.55. The summed E-state index contributed by atoms with van der Waals surface area (Å²) in [5, 5.41) is 23.0. The third kappa shape index (κ3) is 5.34. The third-order valence-electron chi connectivity index (χ3n) is 7.45. The monoisotopic (exact) mass is 554 g/mol. The van der Waals surface area contributed by atoms with E-state index < -0.39 is 23.2 Å². The van der Waals surface area contributed by atoms with E-state index >= 15 is 0 Å². The Bertz CT molecular complexity index is 1480. The number of non-ortho nitro benzene ring substituents is 1. The maximum absolute atomic E-state index is 14.7. The van der Waals surface area contributed by atoms with Crippen LogP contribution in [0.1, 0.15) is 11.1 Å². The highest BCUT2D eigenvalue weighted by Gasteiger charge is 2.57. The molecule has 5 rings (SSSR count). The second-order valence-corrected chi connectivity index (χ2v) is 9.93. The van der Waals surface area contributed by atoms with Crippen LogP contribution in [0, 0.1) is 10.1 Å². The first-order valence-corrected chi connectivity index (χ1v) is 12.8. The maximum atomic E-state index is 14.7. The molecule has 1 unspecified atom stereocenters. The molecule has 0 radical (unpaired) electrons. The molecule has 8 nitrogen and oxygen atoms in total. The van der Waals surface area contributed by atoms with E-state index in [1.165, 1.54) is 29.0 Å². The summed E-state index contributed by atoms with van der Waals surface area (Å²) in [5.41, 5.74) is -1.75. The molecule has 1 N–H and O–H groups in total. The Morgan fingerprint density at radius 3 is 2.25 bits per heavy atom. The number of ether oxygens (including phenoxy) is 1. The fourth-order valence-corrected chi connectivity index (χ4v) is 5.24. The highest BCUT2D eigenvalue weighted by Crippen LogP contribution is 2.44. The van der Waals surface area contributed by atoms with E-state index in [-0.39, 0.29) is 28.7 Å². The smallest absolute Gasteiger partial charge is 0.422 e. The van der Waals surface area contributed by atoms with E-state index in [0.29, 0.717) is 26.2 Å². The van der Waals surface area contributed by atoms with Crippen LogP contribution in [-0.4, -0.2) is 65.5 Å². The highest BCUT2D eigenvalue weighted by molar-refractivity contribution is 5.87. The van der Waals surface area contributed by atoms with Crippen molar-refractivity contribution < 1.29 is 27.9 Å². The van der Waals surface area contributed by atoms with Gasteiger partial charge in [0, 0.05) is 74.2 Å². The number of aliphatic hydroxyl groups is 1. The molecule has 0 bridgehead atoms. The number of piperazine rings is 1. The first-order valence-electron chi connectivity index (χ1n) is 12.8. The summed E-state index contributed by atoms with van der Waals surface area (Å²) in [6, 6.07) is 20.3. The zero-order valence-corrected chi connectivity index (χ0v) is 21.8. The average molecular weight is 555 g/mol. The molecule has 0 spiro atoms. The van der Waals surface area contributed by atoms with Gasteiger partial charge in [-0.25, -0.2) is 0 Å². The number of nitrogens with zero attached hydrogens (tertiary/aromatic N) is 4. The molecule has 2 heterocycles. The lowest BCUT2D eigenvalue weighted by Gasteiger charge is -2.40. The van der Waals surface area contributed by atoms with Gasteiger partial charge in [0.1, 0.15) is 5.75 Å². The van der Waals surface area contributed by atoms with Gasteiger partial charge in [0.2, 0.25) is 5.60 Å². The second kappa shape index (κ2) is 10.8. The molecule has 1 saturated heterocycles. The largest absolute Gasteiger partial charge is 0.497 e. The first kappa shape index (κ1) is 27.5. The number of fused-ring (bicyclic) bond motifs is 1. The number of alkyl halides is 3. The van der Waals surface area contributed by atoms with Crippen LogP contribution in [0.3, 0.4) is 0 Å². The number of hydrogen-bond donors (Lipinski definition) is 1. The summed E-state index contributed by atoms with van der Waals surface area (Å²) < 4.78 is 50.9. The van der Waals surface area contributed by atoms with E-state index in [4.69, 9.17) is 4.74 Å². The number of benzene rings is 3. The minimum Gasteiger partial charge on any atom is -0.497 e. The first-order chi connectivity index (χ1) is 19.1. The van der Waals surface area contributed by atoms with Crippen LogP contribution in [0.5, 0.6) is 5.75 Å². The number of halogens is 3. The Labute approximate surface area is 229 Å². The summed E-state index contributed by atoms with van der Waals surface area (Å²) in [7, 11) is 1.58. The summed E-state index contributed by atoms with van der Waals surface area (Å²) in [5.74, 6) is 0.717. The fourth-order valence-electron chi connectivity index (χ4n) is 5.24. The van der Waals surface area contributed by atoms with Crippen molar-refractivity contribution in [3.63, 3.8) is 0 Å². The van der Waals surface area contributed by atoms with Crippen molar-refractivity contribution in [2.24, 2.45) is 0 Å². The van der Waals surface area contributed by atoms with Crippen molar-refractivity contribution in [1.82, 2.24) is 9.47 Å². The third-order valence-corrected chi connectivity index (χ3v) is 7.45. The van der Waals surface area contributed by atoms with Crippen molar-refractivity contribution in [3.8, 4) is 5.75 Å². The Morgan fingerprint density at radius 1 is 0.975 bits per heavy atom. The molecule has 3 aromatic carbocycles. The van der Waals surface area contributed by atoms with Gasteiger partial charge in [-0.2, -0.15) is 13.2 Å². The van der Waals surface area contributed by atoms with Crippen LogP contribution in [0.2, 0.25) is 0 Å². The van der Waals surface area contributed by atoms with Gasteiger partial charge >= 0.3 is 6.18 Å². The Balaban J connectivity index is 1.46. The minimum atomic E-state index is -4.99. The number of nitro benzene ring substituents is 1. The lowest BCUT2D eigenvalue weighted by atomic mass is 9.91. The fraction of sp³-hybridized carbons (Fsp3) is 0.310. The van der Waals surface area contributed by atoms with Crippen LogP contribution in [0.4, 0.5) is 24.5 Å². The number of methoxy groups -OCH3 is 1. The zero-order chi connectivity index (χ0) is 28.5. The zero-order valence-electron chi connectivity index (χ0n) is 21.8. The van der Waals surface area contributed by atoms with Gasteiger partial charge in [0.05, 0.1) is 17.5 Å². The Hall–Kier alpha value is -4.09. The molecule has 1 fully saturated rings. The Morgan fingerprint density at radius 2 is 1.65 bits per heavy atom. The molecule has 1 atom stereocenters. The highest BCUT2D eigenvalue weighted by atomic mass is 19.4. The number of rotatable bonds is 8. The van der Waals surface area contributed by atoms with Crippen LogP contribution < -0.4 is 9.64 Å². The quantitative estimate of drug-likeness (QED) is 0.239. The number of β-amino-alcohol motifs (C(OH)–C–C–N with tert-alkyl or cyclic N) is 1. The number of hydrogen-bond acceptors (Lipinski definition) is 6. The molecule has 0 amide bonds. The maximum Gasteiger partial charge on any atom is 0.422 e. The van der Waals surface area contributed by atoms with Crippen LogP contribution in [0.25, 0.3) is 10.9 Å². The number of aromatic nitrogens is 1. The Kier molecular flexibility index (Phi) is 7.43. The number of anilines is 1. The summed E-state index contributed by atoms with van der Waals surface area (Å²) in [6.07, 6.45) is -3.71. The van der Waals surface area contributed by atoms with Gasteiger partial charge in [0.15, 0.2) is 0 Å². The molecule has 1 aromatic heterocycles. The van der Waals surface area contributed by atoms with Gasteiger partial charge in [-0.1, -0.05) is 30.3 Å². The molecule has 1 aliphatic rings. The van der Waals surface area contributed by atoms with Gasteiger partial charge in [-0.05, 0) is 35.9 Å². The van der Waals surface area contributed by atoms with Gasteiger partial charge in [0.25, 0.3) is 5.69 Å². The summed E-state index contributed by atoms with van der Waals surface area (Å²) in [4.78, 5) is 14.6. The molecule has 0 aliphatic carbocycles. The van der Waals surface area contributed by atoms with Crippen molar-refractivity contribution in [1.29, 1.82) is 0 Å². The van der Waals surface area contributed by atoms with Gasteiger partial charge in [-0.3, -0.25) is 15.0 Å². The van der Waals surface area contributed by atoms with Crippen LogP contribution >= 0.6 is 0 Å². The molecule has 0 saturated carbocycles. The van der Waals surface area contributed by atoms with Crippen LogP contribution in [-0.2, 0) is 12.1 Å². The van der Waals surface area contributed by atoms with Crippen LogP contribution in [0.15, 0.2) is 79.0 Å². The van der Waals surface area contributed by atoms with Crippen molar-refractivity contribution in [2.75, 3.05) is 44.7 Å². The molecule has 40 heavy (non-hydrogen) atoms. The molecule has 4 aromatic rings. The topological polar surface area (TPSA) is 84.0 Å². The average Bonchev–Trinajstić information content (AvgIpc) is 3.31. The minimum absolute atomic E-state index is 0.123. The van der Waals surface area contributed by atoms with E-state index in [2.05, 4.69) is 4.90 Å². The molecule has 1 aliphatic heterocycles. The van der Waals surface area contributed by atoms with Gasteiger partial charge in [-0.15, -0.1) is 0 Å². The predicted molar refractivity (Wildman–Crippen MR) is 146 cm³/mol. The van der Waals surface area contributed by atoms with E-state index in [1.807, 2.05) is 54.6 Å². The predicted octanol–water partition coefficient (Wildman–Crippen LogP) is 5.18. The summed E-state index contributed by atoms with van der Waals surface area (Å²) in [6.45, 7) is 1.14.